The van der Waals surface area contributed by atoms with Crippen molar-refractivity contribution >= 4 is 5.71 Å². The summed E-state index contributed by atoms with van der Waals surface area (Å²) in [6.45, 7) is 12.1. The number of nitrogens with zero attached hydrogens (tertiary/aromatic N) is 2. The molecule has 13 heavy (non-hydrogen) atoms. The molecule has 1 heterocycles. The van der Waals surface area contributed by atoms with Crippen LogP contribution < -0.4 is 5.43 Å². The number of rotatable bonds is 4. The lowest BCUT2D eigenvalue weighted by molar-refractivity contribution is 0.257. The summed E-state index contributed by atoms with van der Waals surface area (Å²) in [4.78, 5) is 2.43. The van der Waals surface area contributed by atoms with Crippen molar-refractivity contribution in [2.24, 2.45) is 11.0 Å². The zero-order valence-electron chi connectivity index (χ0n) is 9.17. The molecular formula is C10H21N3. The molecule has 3 heteroatoms. The molecule has 0 aliphatic carbocycles. The van der Waals surface area contributed by atoms with Gasteiger partial charge in [-0.3, -0.25) is 0 Å². The van der Waals surface area contributed by atoms with Gasteiger partial charge in [-0.1, -0.05) is 20.8 Å². The highest BCUT2D eigenvalue weighted by Crippen LogP contribution is 2.13. The third kappa shape index (κ3) is 2.44. The van der Waals surface area contributed by atoms with Crippen LogP contribution in [0.5, 0.6) is 0 Å². The molecule has 0 bridgehead atoms. The Morgan fingerprint density at radius 1 is 1.38 bits per heavy atom. The summed E-state index contributed by atoms with van der Waals surface area (Å²) in [6, 6.07) is 0.514. The van der Waals surface area contributed by atoms with Crippen LogP contribution in [0.3, 0.4) is 0 Å². The van der Waals surface area contributed by atoms with Crippen LogP contribution in [0.2, 0.25) is 0 Å². The van der Waals surface area contributed by atoms with E-state index in [1.165, 1.54) is 5.71 Å². The normalized spacial score (nSPS) is 27.6. The SMILES string of the molecule is CCN(CC)CC1NN=C(C)C1C. The molecular weight excluding hydrogens is 162 g/mol. The van der Waals surface area contributed by atoms with Crippen LogP contribution in [0.1, 0.15) is 27.7 Å². The Balaban J connectivity index is 2.39. The van der Waals surface area contributed by atoms with Crippen LogP contribution >= 0.6 is 0 Å². The van der Waals surface area contributed by atoms with E-state index in [2.05, 4.69) is 43.1 Å². The minimum atomic E-state index is 0.514. The Labute approximate surface area is 81.2 Å². The number of hydrazone groups is 1. The topological polar surface area (TPSA) is 27.6 Å². The standard InChI is InChI=1S/C10H21N3/c1-5-13(6-2)7-10-8(3)9(4)11-12-10/h8,10,12H,5-7H2,1-4H3. The van der Waals surface area contributed by atoms with Crippen LogP contribution in [0.15, 0.2) is 5.10 Å². The molecule has 0 spiro atoms. The molecule has 0 saturated heterocycles. The largest absolute Gasteiger partial charge is 0.305 e. The first-order valence-electron chi connectivity index (χ1n) is 5.21. The molecule has 0 fully saturated rings. The predicted octanol–water partition coefficient (Wildman–Crippen LogP) is 1.31. The van der Waals surface area contributed by atoms with Crippen molar-refractivity contribution in [3.63, 3.8) is 0 Å². The lowest BCUT2D eigenvalue weighted by atomic mass is 9.99. The molecule has 0 aromatic rings. The van der Waals surface area contributed by atoms with Crippen molar-refractivity contribution in [2.45, 2.75) is 33.7 Å². The number of nitrogens with one attached hydrogen (secondary N) is 1. The van der Waals surface area contributed by atoms with E-state index in [-0.39, 0.29) is 0 Å². The molecule has 2 atom stereocenters. The molecule has 0 amide bonds. The molecule has 0 aromatic carbocycles. The molecule has 1 rings (SSSR count). The van der Waals surface area contributed by atoms with Crippen LogP contribution in [0.25, 0.3) is 0 Å². The Morgan fingerprint density at radius 3 is 2.38 bits per heavy atom. The summed E-state index contributed by atoms with van der Waals surface area (Å²) in [5, 5.41) is 4.26. The Bertz CT molecular complexity index is 185. The van der Waals surface area contributed by atoms with Gasteiger partial charge in [0.1, 0.15) is 0 Å². The zero-order valence-corrected chi connectivity index (χ0v) is 9.17. The van der Waals surface area contributed by atoms with Crippen molar-refractivity contribution < 1.29 is 0 Å². The number of hydrogen-bond donors (Lipinski definition) is 1. The summed E-state index contributed by atoms with van der Waals surface area (Å²) in [7, 11) is 0. The molecule has 1 N–H and O–H groups in total. The van der Waals surface area contributed by atoms with Crippen molar-refractivity contribution in [1.29, 1.82) is 0 Å². The van der Waals surface area contributed by atoms with E-state index in [1.54, 1.807) is 0 Å². The molecule has 76 valence electrons. The van der Waals surface area contributed by atoms with Gasteiger partial charge in [0.15, 0.2) is 0 Å². The van der Waals surface area contributed by atoms with Gasteiger partial charge in [-0.25, -0.2) is 0 Å². The number of hydrogen-bond acceptors (Lipinski definition) is 3. The second kappa shape index (κ2) is 4.61. The fraction of sp³-hybridized carbons (Fsp3) is 0.900. The molecule has 1 aliphatic rings. The first-order valence-corrected chi connectivity index (χ1v) is 5.21. The molecule has 2 unspecified atom stereocenters. The molecule has 1 aliphatic heterocycles. The van der Waals surface area contributed by atoms with Crippen LogP contribution in [0, 0.1) is 5.92 Å². The van der Waals surface area contributed by atoms with E-state index in [9.17, 15) is 0 Å². The fourth-order valence-corrected chi connectivity index (χ4v) is 1.65. The van der Waals surface area contributed by atoms with Gasteiger partial charge in [0.25, 0.3) is 0 Å². The van der Waals surface area contributed by atoms with E-state index in [4.69, 9.17) is 0 Å². The van der Waals surface area contributed by atoms with Crippen molar-refractivity contribution in [1.82, 2.24) is 10.3 Å². The van der Waals surface area contributed by atoms with E-state index in [0.717, 1.165) is 19.6 Å². The highest BCUT2D eigenvalue weighted by Gasteiger charge is 2.25. The van der Waals surface area contributed by atoms with Gasteiger partial charge in [0, 0.05) is 18.2 Å². The lowest BCUT2D eigenvalue weighted by Crippen LogP contribution is -2.40. The maximum atomic E-state index is 4.26. The van der Waals surface area contributed by atoms with Crippen LogP contribution in [-0.4, -0.2) is 36.3 Å². The summed E-state index contributed by atoms with van der Waals surface area (Å²) < 4.78 is 0. The van der Waals surface area contributed by atoms with Gasteiger partial charge >= 0.3 is 0 Å². The first-order chi connectivity index (χ1) is 6.19. The van der Waals surface area contributed by atoms with Crippen LogP contribution in [-0.2, 0) is 0 Å². The molecule has 0 aromatic heterocycles. The fourth-order valence-electron chi connectivity index (χ4n) is 1.65. The van der Waals surface area contributed by atoms with Crippen molar-refractivity contribution in [2.75, 3.05) is 19.6 Å². The maximum absolute atomic E-state index is 4.26. The average Bonchev–Trinajstić information content (AvgIpc) is 2.45. The van der Waals surface area contributed by atoms with Gasteiger partial charge in [-0.15, -0.1) is 0 Å². The van der Waals surface area contributed by atoms with E-state index in [1.807, 2.05) is 0 Å². The molecule has 0 radical (unpaired) electrons. The number of likely N-dealkylation sites (N-methyl/N-ethyl adjacent to an activating group) is 1. The monoisotopic (exact) mass is 183 g/mol. The average molecular weight is 183 g/mol. The first kappa shape index (κ1) is 10.5. The minimum absolute atomic E-state index is 0.514. The van der Waals surface area contributed by atoms with E-state index < -0.39 is 0 Å². The third-order valence-electron chi connectivity index (χ3n) is 3.02. The van der Waals surface area contributed by atoms with Crippen molar-refractivity contribution in [3.05, 3.63) is 0 Å². The quantitative estimate of drug-likeness (QED) is 0.711. The second-order valence-electron chi connectivity index (χ2n) is 3.76. The second-order valence-corrected chi connectivity index (χ2v) is 3.76. The van der Waals surface area contributed by atoms with Crippen molar-refractivity contribution in [3.8, 4) is 0 Å². The predicted molar refractivity (Wildman–Crippen MR) is 57.0 cm³/mol. The summed E-state index contributed by atoms with van der Waals surface area (Å²) in [5.41, 5.74) is 4.44. The van der Waals surface area contributed by atoms with Gasteiger partial charge in [0.05, 0.1) is 6.04 Å². The highest BCUT2D eigenvalue weighted by molar-refractivity contribution is 5.85. The molecule has 0 saturated carbocycles. The maximum Gasteiger partial charge on any atom is 0.0645 e. The van der Waals surface area contributed by atoms with Crippen LogP contribution in [0.4, 0.5) is 0 Å². The minimum Gasteiger partial charge on any atom is -0.305 e. The van der Waals surface area contributed by atoms with Gasteiger partial charge in [0.2, 0.25) is 0 Å². The third-order valence-corrected chi connectivity index (χ3v) is 3.02. The lowest BCUT2D eigenvalue weighted by Gasteiger charge is -2.24. The van der Waals surface area contributed by atoms with Gasteiger partial charge in [-0.2, -0.15) is 5.10 Å². The Hall–Kier alpha value is -0.570. The van der Waals surface area contributed by atoms with E-state index in [0.29, 0.717) is 12.0 Å². The van der Waals surface area contributed by atoms with Gasteiger partial charge < -0.3 is 10.3 Å². The Morgan fingerprint density at radius 2 is 2.00 bits per heavy atom. The van der Waals surface area contributed by atoms with Gasteiger partial charge in [-0.05, 0) is 20.0 Å². The highest BCUT2D eigenvalue weighted by atomic mass is 15.4. The summed E-state index contributed by atoms with van der Waals surface area (Å²) >= 11 is 0. The zero-order chi connectivity index (χ0) is 9.84. The summed E-state index contributed by atoms with van der Waals surface area (Å²) in [6.07, 6.45) is 0. The summed E-state index contributed by atoms with van der Waals surface area (Å²) in [5.74, 6) is 0.584. The molecule has 3 nitrogen and oxygen atoms in total. The van der Waals surface area contributed by atoms with E-state index >= 15 is 0 Å². The Kier molecular flexibility index (Phi) is 3.72. The smallest absolute Gasteiger partial charge is 0.0645 e.